The van der Waals surface area contributed by atoms with Gasteiger partial charge < -0.3 is 9.42 Å². The molecule has 3 aromatic heterocycles. The van der Waals surface area contributed by atoms with Crippen LogP contribution in [0.25, 0.3) is 21.1 Å². The molecular weight excluding hydrogens is 421 g/mol. The van der Waals surface area contributed by atoms with Gasteiger partial charge in [-0.3, -0.25) is 4.98 Å². The summed E-state index contributed by atoms with van der Waals surface area (Å²) in [4.78, 5) is 6.41. The first-order chi connectivity index (χ1) is 14.7. The highest BCUT2D eigenvalue weighted by molar-refractivity contribution is 7.18. The second kappa shape index (κ2) is 8.05. The molecular formula is C23H17ClFN3OS. The van der Waals surface area contributed by atoms with E-state index in [4.69, 9.17) is 16.1 Å². The first-order valence-corrected chi connectivity index (χ1v) is 10.8. The SMILES string of the molecule is Fc1ccc2c(CCCN(c3ccncc3)c3csc4cccc(Cl)c34)noc2c1. The van der Waals surface area contributed by atoms with Crippen LogP contribution >= 0.6 is 22.9 Å². The molecule has 30 heavy (non-hydrogen) atoms. The number of halogens is 2. The molecule has 5 rings (SSSR count). The van der Waals surface area contributed by atoms with E-state index < -0.39 is 0 Å². The van der Waals surface area contributed by atoms with Crippen LogP contribution in [0.3, 0.4) is 0 Å². The van der Waals surface area contributed by atoms with Crippen LogP contribution in [0.5, 0.6) is 0 Å². The average molecular weight is 438 g/mol. The minimum atomic E-state index is -0.324. The number of nitrogens with zero attached hydrogens (tertiary/aromatic N) is 3. The number of hydrogen-bond acceptors (Lipinski definition) is 5. The Bertz CT molecular complexity index is 1320. The largest absolute Gasteiger partial charge is 0.356 e. The Morgan fingerprint density at radius 1 is 1.10 bits per heavy atom. The fraction of sp³-hybridized carbons (Fsp3) is 0.130. The predicted molar refractivity (Wildman–Crippen MR) is 120 cm³/mol. The first kappa shape index (κ1) is 19.0. The summed E-state index contributed by atoms with van der Waals surface area (Å²) in [6, 6.07) is 14.5. The van der Waals surface area contributed by atoms with Gasteiger partial charge in [0.05, 0.1) is 16.4 Å². The van der Waals surface area contributed by atoms with E-state index in [9.17, 15) is 4.39 Å². The van der Waals surface area contributed by atoms with E-state index in [2.05, 4.69) is 26.5 Å². The second-order valence-electron chi connectivity index (χ2n) is 6.96. The molecule has 150 valence electrons. The van der Waals surface area contributed by atoms with E-state index in [1.54, 1.807) is 29.8 Å². The molecule has 0 bridgehead atoms. The Balaban J connectivity index is 1.44. The Hall–Kier alpha value is -2.96. The van der Waals surface area contributed by atoms with Gasteiger partial charge in [-0.1, -0.05) is 22.8 Å². The van der Waals surface area contributed by atoms with Crippen molar-refractivity contribution in [1.82, 2.24) is 10.1 Å². The van der Waals surface area contributed by atoms with Gasteiger partial charge in [0, 0.05) is 51.5 Å². The van der Waals surface area contributed by atoms with Crippen molar-refractivity contribution >= 4 is 55.4 Å². The fourth-order valence-corrected chi connectivity index (χ4v) is 4.99. The molecule has 5 aromatic rings. The van der Waals surface area contributed by atoms with E-state index in [0.717, 1.165) is 57.0 Å². The summed E-state index contributed by atoms with van der Waals surface area (Å²) < 4.78 is 19.8. The highest BCUT2D eigenvalue weighted by atomic mass is 35.5. The number of aryl methyl sites for hydroxylation is 1. The van der Waals surface area contributed by atoms with Crippen molar-refractivity contribution in [3.8, 4) is 0 Å². The third kappa shape index (κ3) is 3.53. The molecule has 7 heteroatoms. The number of rotatable bonds is 6. The van der Waals surface area contributed by atoms with Crippen LogP contribution in [-0.4, -0.2) is 16.7 Å². The zero-order valence-corrected chi connectivity index (χ0v) is 17.5. The van der Waals surface area contributed by atoms with E-state index in [1.165, 1.54) is 12.1 Å². The van der Waals surface area contributed by atoms with Crippen LogP contribution in [0.1, 0.15) is 12.1 Å². The monoisotopic (exact) mass is 437 g/mol. The Kier molecular flexibility index (Phi) is 5.11. The molecule has 0 radical (unpaired) electrons. The zero-order valence-electron chi connectivity index (χ0n) is 15.9. The second-order valence-corrected chi connectivity index (χ2v) is 8.28. The summed E-state index contributed by atoms with van der Waals surface area (Å²) in [6.07, 6.45) is 5.13. The van der Waals surface area contributed by atoms with E-state index >= 15 is 0 Å². The van der Waals surface area contributed by atoms with Gasteiger partial charge in [-0.2, -0.15) is 0 Å². The zero-order chi connectivity index (χ0) is 20.5. The van der Waals surface area contributed by atoms with Gasteiger partial charge >= 0.3 is 0 Å². The molecule has 4 nitrogen and oxygen atoms in total. The molecule has 0 fully saturated rings. The molecule has 0 atom stereocenters. The number of thiophene rings is 1. The lowest BCUT2D eigenvalue weighted by Crippen LogP contribution is -2.18. The third-order valence-electron chi connectivity index (χ3n) is 5.10. The summed E-state index contributed by atoms with van der Waals surface area (Å²) in [5, 5.41) is 8.95. The lowest BCUT2D eigenvalue weighted by molar-refractivity contribution is 0.443. The van der Waals surface area contributed by atoms with E-state index in [-0.39, 0.29) is 5.82 Å². The summed E-state index contributed by atoms with van der Waals surface area (Å²) in [5.41, 5.74) is 3.45. The third-order valence-corrected chi connectivity index (χ3v) is 6.35. The van der Waals surface area contributed by atoms with Gasteiger partial charge in [-0.15, -0.1) is 11.3 Å². The van der Waals surface area contributed by atoms with Gasteiger partial charge in [0.2, 0.25) is 0 Å². The molecule has 0 spiro atoms. The maximum absolute atomic E-state index is 13.4. The van der Waals surface area contributed by atoms with Crippen molar-refractivity contribution < 1.29 is 8.91 Å². The van der Waals surface area contributed by atoms with Crippen LogP contribution in [0, 0.1) is 5.82 Å². The Morgan fingerprint density at radius 3 is 2.83 bits per heavy atom. The molecule has 0 amide bonds. The van der Waals surface area contributed by atoms with Crippen molar-refractivity contribution in [1.29, 1.82) is 0 Å². The Morgan fingerprint density at radius 2 is 1.97 bits per heavy atom. The normalized spacial score (nSPS) is 11.4. The molecule has 0 saturated heterocycles. The van der Waals surface area contributed by atoms with Crippen LogP contribution in [-0.2, 0) is 6.42 Å². The highest BCUT2D eigenvalue weighted by Crippen LogP contribution is 2.40. The molecule has 0 aliphatic rings. The highest BCUT2D eigenvalue weighted by Gasteiger charge is 2.17. The van der Waals surface area contributed by atoms with Crippen LogP contribution in [0.4, 0.5) is 15.8 Å². The van der Waals surface area contributed by atoms with Gasteiger partial charge in [-0.05, 0) is 49.2 Å². The smallest absolute Gasteiger partial charge is 0.170 e. The van der Waals surface area contributed by atoms with Crippen molar-refractivity contribution in [2.24, 2.45) is 0 Å². The topological polar surface area (TPSA) is 42.2 Å². The molecule has 0 unspecified atom stereocenters. The molecule has 2 aromatic carbocycles. The van der Waals surface area contributed by atoms with Crippen molar-refractivity contribution in [2.45, 2.75) is 12.8 Å². The molecule has 3 heterocycles. The minimum Gasteiger partial charge on any atom is -0.356 e. The van der Waals surface area contributed by atoms with Crippen molar-refractivity contribution in [3.63, 3.8) is 0 Å². The number of benzene rings is 2. The predicted octanol–water partition coefficient (Wildman–Crippen LogP) is 7.00. The maximum Gasteiger partial charge on any atom is 0.170 e. The van der Waals surface area contributed by atoms with Gasteiger partial charge in [0.25, 0.3) is 0 Å². The summed E-state index contributed by atoms with van der Waals surface area (Å²) >= 11 is 8.22. The van der Waals surface area contributed by atoms with Crippen LogP contribution in [0.2, 0.25) is 5.02 Å². The van der Waals surface area contributed by atoms with E-state index in [0.29, 0.717) is 5.58 Å². The molecule has 0 saturated carbocycles. The number of fused-ring (bicyclic) bond motifs is 2. The lowest BCUT2D eigenvalue weighted by Gasteiger charge is -2.24. The van der Waals surface area contributed by atoms with Crippen molar-refractivity contribution in [3.05, 3.63) is 82.8 Å². The minimum absolute atomic E-state index is 0.324. The van der Waals surface area contributed by atoms with Gasteiger partial charge in [0.1, 0.15) is 5.82 Å². The van der Waals surface area contributed by atoms with E-state index in [1.807, 2.05) is 24.3 Å². The number of pyridine rings is 1. The number of anilines is 2. The lowest BCUT2D eigenvalue weighted by atomic mass is 10.1. The quantitative estimate of drug-likeness (QED) is 0.287. The average Bonchev–Trinajstić information content (AvgIpc) is 3.37. The first-order valence-electron chi connectivity index (χ1n) is 9.58. The van der Waals surface area contributed by atoms with Crippen LogP contribution in [0.15, 0.2) is 70.8 Å². The summed E-state index contributed by atoms with van der Waals surface area (Å²) in [6.45, 7) is 0.761. The Labute approximate surface area is 181 Å². The summed E-state index contributed by atoms with van der Waals surface area (Å²) in [5.74, 6) is -0.324. The number of aromatic nitrogens is 2. The van der Waals surface area contributed by atoms with Crippen LogP contribution < -0.4 is 4.90 Å². The molecule has 0 N–H and O–H groups in total. The standard InChI is InChI=1S/C23H17ClFN3OS/c24-18-3-1-5-22-23(18)20(14-30-22)28(16-8-10-26-11-9-16)12-2-4-19-17-7-6-15(25)13-21(17)29-27-19/h1,3,5-11,13-14H,2,4,12H2. The molecule has 0 aliphatic carbocycles. The maximum atomic E-state index is 13.4. The fourth-order valence-electron chi connectivity index (χ4n) is 3.69. The summed E-state index contributed by atoms with van der Waals surface area (Å²) in [7, 11) is 0. The number of hydrogen-bond donors (Lipinski definition) is 0. The van der Waals surface area contributed by atoms with Gasteiger partial charge in [-0.25, -0.2) is 4.39 Å². The molecule has 0 aliphatic heterocycles. The van der Waals surface area contributed by atoms with Gasteiger partial charge in [0.15, 0.2) is 5.58 Å². The van der Waals surface area contributed by atoms with Crippen molar-refractivity contribution in [2.75, 3.05) is 11.4 Å².